The van der Waals surface area contributed by atoms with Gasteiger partial charge in [0.1, 0.15) is 12.4 Å². The molecule has 0 radical (unpaired) electrons. The lowest BCUT2D eigenvalue weighted by Gasteiger charge is -2.12. The Balaban J connectivity index is 2.19. The minimum Gasteiger partial charge on any atom is -0.457 e. The fourth-order valence-electron chi connectivity index (χ4n) is 2.15. The molecule has 0 atom stereocenters. The molecule has 0 aliphatic carbocycles. The van der Waals surface area contributed by atoms with E-state index in [1.807, 2.05) is 6.07 Å². The maximum atomic E-state index is 12.5. The molecule has 0 fully saturated rings. The molecule has 138 valence electrons. The molecule has 0 aromatic heterocycles. The third-order valence-electron chi connectivity index (χ3n) is 3.25. The monoisotopic (exact) mass is 365 g/mol. The fraction of sp³-hybridized carbons (Fsp3) is 0.211. The highest BCUT2D eigenvalue weighted by Crippen LogP contribution is 2.26. The van der Waals surface area contributed by atoms with Crippen molar-refractivity contribution in [2.45, 2.75) is 19.4 Å². The van der Waals surface area contributed by atoms with Gasteiger partial charge < -0.3 is 15.2 Å². The normalized spacial score (nSPS) is 11.5. The van der Waals surface area contributed by atoms with Crippen LogP contribution in [0.2, 0.25) is 0 Å². The van der Waals surface area contributed by atoms with Gasteiger partial charge in [-0.05, 0) is 42.3 Å². The van der Waals surface area contributed by atoms with Crippen molar-refractivity contribution in [2.24, 2.45) is 5.73 Å². The van der Waals surface area contributed by atoms with Gasteiger partial charge in [0.05, 0.1) is 5.56 Å². The molecule has 2 rings (SSSR count). The van der Waals surface area contributed by atoms with Gasteiger partial charge in [-0.1, -0.05) is 42.5 Å². The lowest BCUT2D eigenvalue weighted by atomic mass is 10.1. The highest BCUT2D eigenvalue weighted by atomic mass is 19.4. The topological polar surface area (TPSA) is 61.5 Å². The van der Waals surface area contributed by atoms with Gasteiger partial charge in [-0.25, -0.2) is 4.79 Å². The Bertz CT molecular complexity index is 758. The number of carbonyl (C=O) groups excluding carboxylic acids is 1. The average molecular weight is 365 g/mol. The Morgan fingerprint density at radius 3 is 2.50 bits per heavy atom. The number of carbonyl (C=O) groups is 1. The molecule has 0 amide bonds. The van der Waals surface area contributed by atoms with Crippen molar-refractivity contribution in [3.63, 3.8) is 0 Å². The van der Waals surface area contributed by atoms with E-state index in [2.05, 4.69) is 4.74 Å². The van der Waals surface area contributed by atoms with E-state index < -0.39 is 18.1 Å². The van der Waals surface area contributed by atoms with Gasteiger partial charge in [-0.2, -0.15) is 0 Å². The number of hydrogen-bond donors (Lipinski definition) is 1. The number of esters is 1. The van der Waals surface area contributed by atoms with E-state index >= 15 is 0 Å². The van der Waals surface area contributed by atoms with E-state index in [-0.39, 0.29) is 12.2 Å². The SMILES string of the molecule is NCC/C=C/c1cc(OC(F)(F)F)cc(C(=O)OCc2ccccc2)c1. The lowest BCUT2D eigenvalue weighted by Crippen LogP contribution is -2.17. The zero-order chi connectivity index (χ0) is 19.0. The van der Waals surface area contributed by atoms with Crippen molar-refractivity contribution in [3.8, 4) is 5.75 Å². The van der Waals surface area contributed by atoms with Gasteiger partial charge in [0.2, 0.25) is 0 Å². The van der Waals surface area contributed by atoms with Crippen LogP contribution in [0.3, 0.4) is 0 Å². The number of benzene rings is 2. The largest absolute Gasteiger partial charge is 0.573 e. The van der Waals surface area contributed by atoms with Crippen LogP contribution in [0.15, 0.2) is 54.6 Å². The smallest absolute Gasteiger partial charge is 0.457 e. The molecule has 2 N–H and O–H groups in total. The molecule has 7 heteroatoms. The molecule has 0 saturated carbocycles. The van der Waals surface area contributed by atoms with Crippen molar-refractivity contribution >= 4 is 12.0 Å². The van der Waals surface area contributed by atoms with Crippen LogP contribution in [0.1, 0.15) is 27.9 Å². The fourth-order valence-corrected chi connectivity index (χ4v) is 2.15. The number of nitrogens with two attached hydrogens (primary N) is 1. The summed E-state index contributed by atoms with van der Waals surface area (Å²) in [5.74, 6) is -1.23. The van der Waals surface area contributed by atoms with Crippen LogP contribution in [-0.2, 0) is 11.3 Å². The minimum absolute atomic E-state index is 0.0162. The van der Waals surface area contributed by atoms with E-state index in [0.29, 0.717) is 18.5 Å². The predicted molar refractivity (Wildman–Crippen MR) is 91.4 cm³/mol. The molecule has 26 heavy (non-hydrogen) atoms. The number of hydrogen-bond acceptors (Lipinski definition) is 4. The quantitative estimate of drug-likeness (QED) is 0.743. The summed E-state index contributed by atoms with van der Waals surface area (Å²) in [6.45, 7) is 0.420. The van der Waals surface area contributed by atoms with Gasteiger partial charge in [0, 0.05) is 0 Å². The van der Waals surface area contributed by atoms with E-state index in [1.165, 1.54) is 12.1 Å². The van der Waals surface area contributed by atoms with Gasteiger partial charge in [0.15, 0.2) is 0 Å². The number of halogens is 3. The van der Waals surface area contributed by atoms with E-state index in [1.54, 1.807) is 36.4 Å². The van der Waals surface area contributed by atoms with Gasteiger partial charge in [0.25, 0.3) is 0 Å². The number of rotatable bonds is 7. The summed E-state index contributed by atoms with van der Waals surface area (Å²) >= 11 is 0. The second-order valence-corrected chi connectivity index (χ2v) is 5.38. The Morgan fingerprint density at radius 1 is 1.12 bits per heavy atom. The van der Waals surface area contributed by atoms with Crippen LogP contribution in [0.25, 0.3) is 6.08 Å². The zero-order valence-corrected chi connectivity index (χ0v) is 13.8. The minimum atomic E-state index is -4.86. The highest BCUT2D eigenvalue weighted by Gasteiger charge is 2.31. The second kappa shape index (κ2) is 9.05. The maximum Gasteiger partial charge on any atom is 0.573 e. The van der Waals surface area contributed by atoms with Gasteiger partial charge in [-0.3, -0.25) is 0 Å². The van der Waals surface area contributed by atoms with Crippen LogP contribution in [0, 0.1) is 0 Å². The Hall–Kier alpha value is -2.80. The molecule has 0 unspecified atom stereocenters. The van der Waals surface area contributed by atoms with Crippen molar-refractivity contribution in [1.82, 2.24) is 0 Å². The summed E-state index contributed by atoms with van der Waals surface area (Å²) in [4.78, 5) is 12.2. The molecular weight excluding hydrogens is 347 g/mol. The lowest BCUT2D eigenvalue weighted by molar-refractivity contribution is -0.274. The average Bonchev–Trinajstić information content (AvgIpc) is 2.59. The van der Waals surface area contributed by atoms with Crippen LogP contribution < -0.4 is 10.5 Å². The molecule has 2 aromatic rings. The standard InChI is InChI=1S/C19H18F3NO3/c20-19(21,22)26-17-11-15(8-4-5-9-23)10-16(12-17)18(24)25-13-14-6-2-1-3-7-14/h1-4,6-8,10-12H,5,9,13,23H2/b8-4+. The third kappa shape index (κ3) is 6.60. The summed E-state index contributed by atoms with van der Waals surface area (Å²) in [6, 6.07) is 12.6. The van der Waals surface area contributed by atoms with Gasteiger partial charge >= 0.3 is 12.3 Å². The van der Waals surface area contributed by atoms with Gasteiger partial charge in [-0.15, -0.1) is 13.2 Å². The van der Waals surface area contributed by atoms with Crippen molar-refractivity contribution in [2.75, 3.05) is 6.54 Å². The number of alkyl halides is 3. The van der Waals surface area contributed by atoms with Crippen LogP contribution in [-0.4, -0.2) is 18.9 Å². The van der Waals surface area contributed by atoms with Crippen molar-refractivity contribution in [3.05, 3.63) is 71.3 Å². The molecule has 0 aliphatic heterocycles. The predicted octanol–water partition coefficient (Wildman–Crippen LogP) is 4.30. The number of ether oxygens (including phenoxy) is 2. The molecule has 0 heterocycles. The molecule has 4 nitrogen and oxygen atoms in total. The van der Waals surface area contributed by atoms with Crippen LogP contribution >= 0.6 is 0 Å². The zero-order valence-electron chi connectivity index (χ0n) is 13.8. The van der Waals surface area contributed by atoms with Crippen LogP contribution in [0.4, 0.5) is 13.2 Å². The molecule has 2 aromatic carbocycles. The summed E-state index contributed by atoms with van der Waals surface area (Å²) < 4.78 is 46.6. The summed E-state index contributed by atoms with van der Waals surface area (Å²) in [7, 11) is 0. The Kier molecular flexibility index (Phi) is 6.80. The maximum absolute atomic E-state index is 12.5. The highest BCUT2D eigenvalue weighted by molar-refractivity contribution is 5.90. The summed E-state index contributed by atoms with van der Waals surface area (Å²) in [6.07, 6.45) is -1.03. The van der Waals surface area contributed by atoms with E-state index in [9.17, 15) is 18.0 Å². The first-order valence-corrected chi connectivity index (χ1v) is 7.86. The summed E-state index contributed by atoms with van der Waals surface area (Å²) in [5, 5.41) is 0. The van der Waals surface area contributed by atoms with E-state index in [4.69, 9.17) is 10.5 Å². The molecule has 0 bridgehead atoms. The summed E-state index contributed by atoms with van der Waals surface area (Å²) in [5.41, 5.74) is 6.50. The molecule has 0 spiro atoms. The molecular formula is C19H18F3NO3. The van der Waals surface area contributed by atoms with Crippen LogP contribution in [0.5, 0.6) is 5.75 Å². The Morgan fingerprint density at radius 2 is 1.85 bits per heavy atom. The first-order chi connectivity index (χ1) is 12.4. The first-order valence-electron chi connectivity index (χ1n) is 7.86. The van der Waals surface area contributed by atoms with Crippen molar-refractivity contribution < 1.29 is 27.4 Å². The second-order valence-electron chi connectivity index (χ2n) is 5.38. The first kappa shape index (κ1) is 19.5. The molecule has 0 saturated heterocycles. The van der Waals surface area contributed by atoms with E-state index in [0.717, 1.165) is 11.6 Å². The molecule has 0 aliphatic rings. The third-order valence-corrected chi connectivity index (χ3v) is 3.25. The van der Waals surface area contributed by atoms with Crippen molar-refractivity contribution in [1.29, 1.82) is 0 Å². The Labute approximate surface area is 149 Å².